The molecule has 2 aromatic heterocycles. The van der Waals surface area contributed by atoms with Crippen molar-refractivity contribution >= 4 is 22.4 Å². The van der Waals surface area contributed by atoms with Gasteiger partial charge >= 0.3 is 0 Å². The monoisotopic (exact) mass is 356 g/mol. The molecule has 2 heterocycles. The highest BCUT2D eigenvalue weighted by atomic mass is 32.1. The van der Waals surface area contributed by atoms with Crippen LogP contribution in [-0.2, 0) is 0 Å². The molecule has 3 rings (SSSR count). The maximum atomic E-state index is 13.5. The van der Waals surface area contributed by atoms with Crippen molar-refractivity contribution in [3.63, 3.8) is 0 Å². The SMILES string of the molecule is CC(C)CN(C(=O)c1cccc(F)c1)c1nnc(-c2ccncc2)s1. The number of benzene rings is 1. The first-order valence-electron chi connectivity index (χ1n) is 7.86. The first-order chi connectivity index (χ1) is 12.0. The third-order valence-electron chi connectivity index (χ3n) is 3.44. The lowest BCUT2D eigenvalue weighted by molar-refractivity contribution is 0.0983. The molecular formula is C18H17FN4OS. The van der Waals surface area contributed by atoms with Gasteiger partial charge in [0, 0.05) is 30.1 Å². The molecule has 0 aliphatic rings. The lowest BCUT2D eigenvalue weighted by Gasteiger charge is -2.21. The quantitative estimate of drug-likeness (QED) is 0.692. The zero-order chi connectivity index (χ0) is 17.8. The van der Waals surface area contributed by atoms with Gasteiger partial charge in [0.05, 0.1) is 0 Å². The zero-order valence-corrected chi connectivity index (χ0v) is 14.7. The van der Waals surface area contributed by atoms with Crippen LogP contribution < -0.4 is 4.90 Å². The van der Waals surface area contributed by atoms with E-state index in [9.17, 15) is 9.18 Å². The van der Waals surface area contributed by atoms with Crippen molar-refractivity contribution in [3.8, 4) is 10.6 Å². The van der Waals surface area contributed by atoms with Crippen molar-refractivity contribution in [1.82, 2.24) is 15.2 Å². The third-order valence-corrected chi connectivity index (χ3v) is 4.43. The number of pyridine rings is 1. The van der Waals surface area contributed by atoms with Gasteiger partial charge in [0.2, 0.25) is 5.13 Å². The fourth-order valence-electron chi connectivity index (χ4n) is 2.33. The zero-order valence-electron chi connectivity index (χ0n) is 13.9. The van der Waals surface area contributed by atoms with Crippen molar-refractivity contribution in [2.45, 2.75) is 13.8 Å². The number of carbonyl (C=O) groups excluding carboxylic acids is 1. The van der Waals surface area contributed by atoms with Crippen LogP contribution in [0.15, 0.2) is 48.8 Å². The summed E-state index contributed by atoms with van der Waals surface area (Å²) in [5.74, 6) is -0.499. The maximum absolute atomic E-state index is 13.5. The number of nitrogens with zero attached hydrogens (tertiary/aromatic N) is 4. The van der Waals surface area contributed by atoms with Crippen LogP contribution in [0.1, 0.15) is 24.2 Å². The summed E-state index contributed by atoms with van der Waals surface area (Å²) >= 11 is 1.32. The Balaban J connectivity index is 1.94. The summed E-state index contributed by atoms with van der Waals surface area (Å²) in [6.45, 7) is 4.49. The van der Waals surface area contributed by atoms with E-state index in [0.717, 1.165) is 5.56 Å². The van der Waals surface area contributed by atoms with E-state index in [1.807, 2.05) is 26.0 Å². The van der Waals surface area contributed by atoms with Gasteiger partial charge in [0.15, 0.2) is 0 Å². The topological polar surface area (TPSA) is 59.0 Å². The van der Waals surface area contributed by atoms with Gasteiger partial charge < -0.3 is 0 Å². The van der Waals surface area contributed by atoms with E-state index in [1.54, 1.807) is 23.4 Å². The van der Waals surface area contributed by atoms with Crippen LogP contribution in [0.5, 0.6) is 0 Å². The number of hydrogen-bond donors (Lipinski definition) is 0. The van der Waals surface area contributed by atoms with Gasteiger partial charge in [-0.25, -0.2) is 4.39 Å². The van der Waals surface area contributed by atoms with Gasteiger partial charge in [-0.1, -0.05) is 31.3 Å². The molecule has 0 saturated heterocycles. The van der Waals surface area contributed by atoms with Crippen LogP contribution in [0.3, 0.4) is 0 Å². The number of hydrogen-bond acceptors (Lipinski definition) is 5. The van der Waals surface area contributed by atoms with Crippen LogP contribution in [0.25, 0.3) is 10.6 Å². The minimum Gasteiger partial charge on any atom is -0.282 e. The van der Waals surface area contributed by atoms with Crippen molar-refractivity contribution in [2.75, 3.05) is 11.4 Å². The van der Waals surface area contributed by atoms with Gasteiger partial charge in [-0.15, -0.1) is 10.2 Å². The number of amides is 1. The molecular weight excluding hydrogens is 339 g/mol. The molecule has 0 aliphatic heterocycles. The van der Waals surface area contributed by atoms with Crippen molar-refractivity contribution in [3.05, 3.63) is 60.2 Å². The number of rotatable bonds is 5. The lowest BCUT2D eigenvalue weighted by Crippen LogP contribution is -2.34. The van der Waals surface area contributed by atoms with Gasteiger partial charge in [-0.3, -0.25) is 14.7 Å². The van der Waals surface area contributed by atoms with Crippen LogP contribution in [0.4, 0.5) is 9.52 Å². The van der Waals surface area contributed by atoms with Gasteiger partial charge in [0.25, 0.3) is 5.91 Å². The van der Waals surface area contributed by atoms with Gasteiger partial charge in [0.1, 0.15) is 10.8 Å². The smallest absolute Gasteiger partial charge is 0.260 e. The largest absolute Gasteiger partial charge is 0.282 e. The second-order valence-corrected chi connectivity index (χ2v) is 6.90. The Morgan fingerprint density at radius 2 is 1.96 bits per heavy atom. The van der Waals surface area contributed by atoms with E-state index in [4.69, 9.17) is 0 Å². The summed E-state index contributed by atoms with van der Waals surface area (Å²) in [7, 11) is 0. The number of aromatic nitrogens is 3. The Kier molecular flexibility index (Phi) is 5.14. The van der Waals surface area contributed by atoms with E-state index in [-0.39, 0.29) is 11.8 Å². The summed E-state index contributed by atoms with van der Waals surface area (Å²) < 4.78 is 13.5. The molecule has 0 aliphatic carbocycles. The lowest BCUT2D eigenvalue weighted by atomic mass is 10.1. The van der Waals surface area contributed by atoms with Crippen LogP contribution >= 0.6 is 11.3 Å². The normalized spacial score (nSPS) is 10.9. The second kappa shape index (κ2) is 7.48. The third kappa shape index (κ3) is 4.06. The maximum Gasteiger partial charge on any atom is 0.260 e. The van der Waals surface area contributed by atoms with Crippen molar-refractivity contribution < 1.29 is 9.18 Å². The van der Waals surface area contributed by atoms with E-state index in [1.165, 1.54) is 29.5 Å². The molecule has 0 spiro atoms. The molecule has 3 aromatic rings. The Morgan fingerprint density at radius 3 is 2.64 bits per heavy atom. The van der Waals surface area contributed by atoms with Crippen LogP contribution in [0, 0.1) is 11.7 Å². The highest BCUT2D eigenvalue weighted by molar-refractivity contribution is 7.18. The highest BCUT2D eigenvalue weighted by Crippen LogP contribution is 2.29. The Bertz CT molecular complexity index is 866. The van der Waals surface area contributed by atoms with Crippen molar-refractivity contribution in [1.29, 1.82) is 0 Å². The highest BCUT2D eigenvalue weighted by Gasteiger charge is 2.23. The summed E-state index contributed by atoms with van der Waals surface area (Å²) in [6.07, 6.45) is 3.36. The molecule has 0 bridgehead atoms. The molecule has 0 N–H and O–H groups in total. The van der Waals surface area contributed by atoms with E-state index in [2.05, 4.69) is 15.2 Å². The predicted molar refractivity (Wildman–Crippen MR) is 96.1 cm³/mol. The second-order valence-electron chi connectivity index (χ2n) is 5.95. The average Bonchev–Trinajstić information content (AvgIpc) is 3.09. The molecule has 25 heavy (non-hydrogen) atoms. The summed E-state index contributed by atoms with van der Waals surface area (Å²) in [5.41, 5.74) is 1.18. The van der Waals surface area contributed by atoms with Crippen molar-refractivity contribution in [2.24, 2.45) is 5.92 Å². The average molecular weight is 356 g/mol. The minimum absolute atomic E-state index is 0.228. The molecule has 1 aromatic carbocycles. The summed E-state index contributed by atoms with van der Waals surface area (Å²) in [6, 6.07) is 9.36. The fraction of sp³-hybridized carbons (Fsp3) is 0.222. The molecule has 5 nitrogen and oxygen atoms in total. The summed E-state index contributed by atoms with van der Waals surface area (Å²) in [4.78, 5) is 18.4. The number of anilines is 1. The molecule has 0 fully saturated rings. The predicted octanol–water partition coefficient (Wildman–Crippen LogP) is 4.04. The fourth-order valence-corrected chi connectivity index (χ4v) is 3.18. The number of halogens is 1. The molecule has 0 radical (unpaired) electrons. The minimum atomic E-state index is -0.440. The van der Waals surface area contributed by atoms with E-state index < -0.39 is 5.82 Å². The molecule has 0 saturated carbocycles. The van der Waals surface area contributed by atoms with Gasteiger partial charge in [-0.05, 0) is 36.2 Å². The van der Waals surface area contributed by atoms with Gasteiger partial charge in [-0.2, -0.15) is 0 Å². The molecule has 7 heteroatoms. The van der Waals surface area contributed by atoms with E-state index >= 15 is 0 Å². The number of carbonyl (C=O) groups is 1. The standard InChI is InChI=1S/C18H17FN4OS/c1-12(2)11-23(17(24)14-4-3-5-15(19)10-14)18-22-21-16(25-18)13-6-8-20-9-7-13/h3-10,12H,11H2,1-2H3. The van der Waals surface area contributed by atoms with Crippen LogP contribution in [0.2, 0.25) is 0 Å². The molecule has 0 atom stereocenters. The first kappa shape index (κ1) is 17.2. The van der Waals surface area contributed by atoms with Crippen LogP contribution in [-0.4, -0.2) is 27.6 Å². The Labute approximate surface area is 149 Å². The Hall–Kier alpha value is -2.67. The molecule has 1 amide bonds. The van der Waals surface area contributed by atoms with E-state index in [0.29, 0.717) is 22.2 Å². The first-order valence-corrected chi connectivity index (χ1v) is 8.67. The summed E-state index contributed by atoms with van der Waals surface area (Å²) in [5, 5.41) is 9.56. The molecule has 128 valence electrons. The molecule has 0 unspecified atom stereocenters. The Morgan fingerprint density at radius 1 is 1.20 bits per heavy atom.